The van der Waals surface area contributed by atoms with Gasteiger partial charge in [0.1, 0.15) is 5.82 Å². The van der Waals surface area contributed by atoms with Crippen molar-refractivity contribution in [3.05, 3.63) is 81.7 Å². The van der Waals surface area contributed by atoms with Gasteiger partial charge in [-0.1, -0.05) is 30.3 Å². The minimum atomic E-state index is -0.793. The average molecular weight is 398 g/mol. The van der Waals surface area contributed by atoms with Crippen LogP contribution >= 0.6 is 0 Å². The molecule has 2 aromatic carbocycles. The van der Waals surface area contributed by atoms with Gasteiger partial charge in [-0.05, 0) is 31.1 Å². The van der Waals surface area contributed by atoms with E-state index in [9.17, 15) is 24.1 Å². The summed E-state index contributed by atoms with van der Waals surface area (Å²) in [7, 11) is 0. The number of esters is 1. The summed E-state index contributed by atoms with van der Waals surface area (Å²) in [6.45, 7) is -0.370. The van der Waals surface area contributed by atoms with Crippen molar-refractivity contribution >= 4 is 23.6 Å². The van der Waals surface area contributed by atoms with Gasteiger partial charge in [-0.25, -0.2) is 9.18 Å². The van der Waals surface area contributed by atoms with Gasteiger partial charge in [-0.2, -0.15) is 0 Å². The number of halogens is 1. The normalized spacial score (nSPS) is 13.3. The van der Waals surface area contributed by atoms with Crippen LogP contribution in [0.25, 0.3) is 6.08 Å². The summed E-state index contributed by atoms with van der Waals surface area (Å²) in [6.07, 6.45) is 3.95. The first kappa shape index (κ1) is 20.2. The molecule has 150 valence electrons. The number of ether oxygens (including phenoxy) is 1. The molecule has 1 aliphatic rings. The van der Waals surface area contributed by atoms with E-state index < -0.39 is 29.2 Å². The number of nitro groups is 1. The molecule has 3 rings (SSSR count). The average Bonchev–Trinajstić information content (AvgIpc) is 3.55. The van der Waals surface area contributed by atoms with Gasteiger partial charge in [-0.15, -0.1) is 0 Å². The number of hydrogen-bond donors (Lipinski definition) is 0. The molecule has 8 heteroatoms. The Labute approximate surface area is 166 Å². The minimum absolute atomic E-state index is 0.0170. The van der Waals surface area contributed by atoms with Crippen LogP contribution in [0.2, 0.25) is 0 Å². The van der Waals surface area contributed by atoms with Crippen LogP contribution in [0.3, 0.4) is 0 Å². The van der Waals surface area contributed by atoms with Crippen LogP contribution in [0.5, 0.6) is 0 Å². The molecule has 1 aliphatic carbocycles. The molecule has 0 saturated heterocycles. The monoisotopic (exact) mass is 398 g/mol. The lowest BCUT2D eigenvalue weighted by Gasteiger charge is -2.22. The van der Waals surface area contributed by atoms with E-state index in [-0.39, 0.29) is 23.8 Å². The largest absolute Gasteiger partial charge is 0.452 e. The van der Waals surface area contributed by atoms with E-state index in [1.54, 1.807) is 24.3 Å². The van der Waals surface area contributed by atoms with Crippen molar-refractivity contribution < 1.29 is 23.6 Å². The number of para-hydroxylation sites is 1. The molecule has 0 aliphatic heterocycles. The third-order valence-electron chi connectivity index (χ3n) is 4.48. The number of nitro benzene ring substituents is 1. The number of nitrogens with zero attached hydrogens (tertiary/aromatic N) is 2. The molecule has 0 N–H and O–H groups in total. The van der Waals surface area contributed by atoms with Crippen molar-refractivity contribution in [1.29, 1.82) is 0 Å². The highest BCUT2D eigenvalue weighted by Crippen LogP contribution is 2.29. The molecule has 0 bridgehead atoms. The van der Waals surface area contributed by atoms with Crippen molar-refractivity contribution in [1.82, 2.24) is 4.90 Å². The Balaban J connectivity index is 1.58. The molecular weight excluding hydrogens is 379 g/mol. The predicted molar refractivity (Wildman–Crippen MR) is 103 cm³/mol. The highest BCUT2D eigenvalue weighted by molar-refractivity contribution is 5.90. The third-order valence-corrected chi connectivity index (χ3v) is 4.48. The number of hydrogen-bond acceptors (Lipinski definition) is 5. The molecule has 0 aromatic heterocycles. The zero-order chi connectivity index (χ0) is 20.8. The summed E-state index contributed by atoms with van der Waals surface area (Å²) in [5.74, 6) is -1.60. The minimum Gasteiger partial charge on any atom is -0.452 e. The molecule has 0 spiro atoms. The van der Waals surface area contributed by atoms with Gasteiger partial charge in [0.25, 0.3) is 11.6 Å². The molecule has 0 heterocycles. The van der Waals surface area contributed by atoms with Crippen LogP contribution in [-0.4, -0.2) is 34.3 Å². The number of carbonyl (C=O) groups excluding carboxylic acids is 2. The zero-order valence-electron chi connectivity index (χ0n) is 15.5. The Morgan fingerprint density at radius 3 is 2.55 bits per heavy atom. The van der Waals surface area contributed by atoms with E-state index in [0.717, 1.165) is 18.9 Å². The highest BCUT2D eigenvalue weighted by Gasteiger charge is 2.33. The second-order valence-corrected chi connectivity index (χ2v) is 6.60. The van der Waals surface area contributed by atoms with E-state index >= 15 is 0 Å². The van der Waals surface area contributed by atoms with Crippen LogP contribution in [0, 0.1) is 15.9 Å². The molecule has 1 fully saturated rings. The SMILES string of the molecule is O=C(/C=C/c1ccccc1[N+](=O)[O-])OCC(=O)N(Cc1ccccc1F)C1CC1. The molecule has 1 saturated carbocycles. The van der Waals surface area contributed by atoms with Gasteiger partial charge in [0.15, 0.2) is 6.61 Å². The van der Waals surface area contributed by atoms with Crippen molar-refractivity contribution in [2.45, 2.75) is 25.4 Å². The topological polar surface area (TPSA) is 89.7 Å². The Kier molecular flexibility index (Phi) is 6.33. The fraction of sp³-hybridized carbons (Fsp3) is 0.238. The predicted octanol–water partition coefficient (Wildman–Crippen LogP) is 3.48. The highest BCUT2D eigenvalue weighted by atomic mass is 19.1. The Morgan fingerprint density at radius 2 is 1.86 bits per heavy atom. The molecular formula is C21H19FN2O5. The molecule has 1 amide bonds. The zero-order valence-corrected chi connectivity index (χ0v) is 15.5. The van der Waals surface area contributed by atoms with Crippen molar-refractivity contribution in [2.75, 3.05) is 6.61 Å². The summed E-state index contributed by atoms with van der Waals surface area (Å²) < 4.78 is 18.9. The lowest BCUT2D eigenvalue weighted by Crippen LogP contribution is -2.36. The molecule has 2 aromatic rings. The Morgan fingerprint density at radius 1 is 1.17 bits per heavy atom. The first-order chi connectivity index (χ1) is 14.0. The van der Waals surface area contributed by atoms with E-state index in [1.165, 1.54) is 35.2 Å². The molecule has 7 nitrogen and oxygen atoms in total. The van der Waals surface area contributed by atoms with E-state index in [0.29, 0.717) is 5.56 Å². The van der Waals surface area contributed by atoms with Crippen molar-refractivity contribution in [3.63, 3.8) is 0 Å². The molecule has 29 heavy (non-hydrogen) atoms. The van der Waals surface area contributed by atoms with E-state index in [2.05, 4.69) is 0 Å². The summed E-state index contributed by atoms with van der Waals surface area (Å²) in [6, 6.07) is 12.2. The van der Waals surface area contributed by atoms with Gasteiger partial charge >= 0.3 is 5.97 Å². The van der Waals surface area contributed by atoms with Crippen molar-refractivity contribution in [3.8, 4) is 0 Å². The summed E-state index contributed by atoms with van der Waals surface area (Å²) >= 11 is 0. The van der Waals surface area contributed by atoms with E-state index in [4.69, 9.17) is 4.74 Å². The van der Waals surface area contributed by atoms with Crippen LogP contribution < -0.4 is 0 Å². The smallest absolute Gasteiger partial charge is 0.331 e. The number of rotatable bonds is 8. The lowest BCUT2D eigenvalue weighted by atomic mass is 10.1. The summed E-state index contributed by atoms with van der Waals surface area (Å²) in [5, 5.41) is 11.0. The Hall–Kier alpha value is -3.55. The number of benzene rings is 2. The maximum Gasteiger partial charge on any atom is 0.331 e. The molecule has 0 unspecified atom stereocenters. The lowest BCUT2D eigenvalue weighted by molar-refractivity contribution is -0.385. The number of carbonyl (C=O) groups is 2. The first-order valence-electron chi connectivity index (χ1n) is 9.07. The van der Waals surface area contributed by atoms with Crippen LogP contribution in [0.1, 0.15) is 24.0 Å². The maximum absolute atomic E-state index is 13.9. The fourth-order valence-electron chi connectivity index (χ4n) is 2.83. The fourth-order valence-corrected chi connectivity index (χ4v) is 2.83. The Bertz CT molecular complexity index is 956. The first-order valence-corrected chi connectivity index (χ1v) is 9.07. The van der Waals surface area contributed by atoms with Gasteiger partial charge in [0.05, 0.1) is 10.5 Å². The number of amides is 1. The molecule has 0 atom stereocenters. The van der Waals surface area contributed by atoms with E-state index in [1.807, 2.05) is 0 Å². The molecule has 0 radical (unpaired) electrons. The van der Waals surface area contributed by atoms with Crippen LogP contribution in [0.4, 0.5) is 10.1 Å². The maximum atomic E-state index is 13.9. The summed E-state index contributed by atoms with van der Waals surface area (Å²) in [5.41, 5.74) is 0.507. The standard InChI is InChI=1S/C21H19FN2O5/c22-18-7-3-1-6-16(18)13-23(17-10-11-17)20(25)14-29-21(26)12-9-15-5-2-4-8-19(15)24(27)28/h1-9,12,17H,10-11,13-14H2/b12-9+. The quantitative estimate of drug-likeness (QED) is 0.294. The summed E-state index contributed by atoms with van der Waals surface area (Å²) in [4.78, 5) is 36.3. The van der Waals surface area contributed by atoms with Crippen molar-refractivity contribution in [2.24, 2.45) is 0 Å². The van der Waals surface area contributed by atoms with Crippen LogP contribution in [0.15, 0.2) is 54.6 Å². The second kappa shape index (κ2) is 9.09. The van der Waals surface area contributed by atoms with Gasteiger partial charge in [0.2, 0.25) is 0 Å². The third kappa shape index (κ3) is 5.47. The van der Waals surface area contributed by atoms with Crippen LogP contribution in [-0.2, 0) is 20.9 Å². The second-order valence-electron chi connectivity index (χ2n) is 6.60. The van der Waals surface area contributed by atoms with Gasteiger partial charge < -0.3 is 9.64 Å². The van der Waals surface area contributed by atoms with Gasteiger partial charge in [0, 0.05) is 30.3 Å². The van der Waals surface area contributed by atoms with Gasteiger partial charge in [-0.3, -0.25) is 14.9 Å².